The Morgan fingerprint density at radius 3 is 1.88 bits per heavy atom. The molecule has 0 aliphatic carbocycles. The second-order valence-electron chi connectivity index (χ2n) is 6.79. The fraction of sp³-hybridized carbons (Fsp3) is 0.0417. The van der Waals surface area contributed by atoms with E-state index in [-0.39, 0.29) is 21.8 Å². The number of nitro groups is 1. The van der Waals surface area contributed by atoms with Crippen molar-refractivity contribution in [2.24, 2.45) is 0 Å². The van der Waals surface area contributed by atoms with E-state index in [0.717, 1.165) is 6.08 Å². The molecule has 3 aromatic rings. The topological polar surface area (TPSA) is 155 Å². The van der Waals surface area contributed by atoms with Crippen LogP contribution in [0.2, 0.25) is 5.02 Å². The van der Waals surface area contributed by atoms with Gasteiger partial charge in [0.15, 0.2) is 0 Å². The van der Waals surface area contributed by atoms with Gasteiger partial charge in [0.1, 0.15) is 0 Å². The highest BCUT2D eigenvalue weighted by Gasteiger charge is 2.21. The van der Waals surface area contributed by atoms with Gasteiger partial charge in [-0.15, -0.1) is 0 Å². The lowest BCUT2D eigenvalue weighted by Gasteiger charge is -2.12. The Bertz CT molecular complexity index is 1220. The molecule has 174 valence electrons. The predicted octanol–water partition coefficient (Wildman–Crippen LogP) is 5.40. The first-order valence-electron chi connectivity index (χ1n) is 9.53. The molecule has 3 N–H and O–H groups in total. The van der Waals surface area contributed by atoms with Crippen molar-refractivity contribution in [1.82, 2.24) is 0 Å². The summed E-state index contributed by atoms with van der Waals surface area (Å²) in [6.07, 6.45) is 2.34. The maximum Gasteiger partial charge on any atom is 0.337 e. The van der Waals surface area contributed by atoms with Crippen LogP contribution in [0.15, 0.2) is 66.7 Å². The molecule has 0 fully saturated rings. The lowest BCUT2D eigenvalue weighted by atomic mass is 9.93. The van der Waals surface area contributed by atoms with Crippen LogP contribution >= 0.6 is 11.6 Å². The van der Waals surface area contributed by atoms with Crippen LogP contribution in [0.1, 0.15) is 31.8 Å². The van der Waals surface area contributed by atoms with Gasteiger partial charge in [-0.05, 0) is 53.5 Å². The van der Waals surface area contributed by atoms with Gasteiger partial charge in [0.25, 0.3) is 5.69 Å². The van der Waals surface area contributed by atoms with Crippen LogP contribution in [0.4, 0.5) is 5.69 Å². The van der Waals surface area contributed by atoms with Crippen molar-refractivity contribution in [2.45, 2.75) is 6.92 Å². The molecule has 3 aromatic carbocycles. The molecule has 0 amide bonds. The van der Waals surface area contributed by atoms with Gasteiger partial charge in [-0.25, -0.2) is 14.4 Å². The number of carboxylic acid groups (broad SMARTS) is 3. The van der Waals surface area contributed by atoms with E-state index in [1.165, 1.54) is 36.4 Å². The van der Waals surface area contributed by atoms with Crippen molar-refractivity contribution in [3.8, 4) is 11.1 Å². The highest BCUT2D eigenvalue weighted by atomic mass is 35.5. The first-order valence-corrected chi connectivity index (χ1v) is 9.91. The Morgan fingerprint density at radius 1 is 0.853 bits per heavy atom. The van der Waals surface area contributed by atoms with Crippen molar-refractivity contribution >= 4 is 41.3 Å². The highest BCUT2D eigenvalue weighted by Crippen LogP contribution is 2.32. The number of aliphatic carboxylic acids is 1. The molecule has 0 bridgehead atoms. The van der Waals surface area contributed by atoms with E-state index >= 15 is 0 Å². The number of non-ortho nitro benzene ring substituents is 1. The van der Waals surface area contributed by atoms with Crippen LogP contribution in [0.25, 0.3) is 17.2 Å². The Labute approximate surface area is 198 Å². The molecule has 3 rings (SSSR count). The lowest BCUT2D eigenvalue weighted by molar-refractivity contribution is -0.384. The summed E-state index contributed by atoms with van der Waals surface area (Å²) in [6, 6.07) is 15.1. The third-order valence-corrected chi connectivity index (χ3v) is 4.84. The molecule has 0 saturated carbocycles. The Morgan fingerprint density at radius 2 is 1.38 bits per heavy atom. The fourth-order valence-electron chi connectivity index (χ4n) is 3.02. The van der Waals surface area contributed by atoms with Crippen LogP contribution in [0.3, 0.4) is 0 Å². The second-order valence-corrected chi connectivity index (χ2v) is 7.20. The van der Waals surface area contributed by atoms with Gasteiger partial charge < -0.3 is 15.3 Å². The molecular formula is C24H18ClNO8. The van der Waals surface area contributed by atoms with E-state index in [2.05, 4.69) is 0 Å². The van der Waals surface area contributed by atoms with Crippen LogP contribution in [0.5, 0.6) is 0 Å². The summed E-state index contributed by atoms with van der Waals surface area (Å²) in [7, 11) is 0. The van der Waals surface area contributed by atoms with Gasteiger partial charge >= 0.3 is 17.9 Å². The molecule has 0 spiro atoms. The molecule has 0 atom stereocenters. The maximum absolute atomic E-state index is 11.4. The van der Waals surface area contributed by atoms with Crippen LogP contribution < -0.4 is 0 Å². The van der Waals surface area contributed by atoms with E-state index in [1.807, 2.05) is 0 Å². The molecule has 0 radical (unpaired) electrons. The summed E-state index contributed by atoms with van der Waals surface area (Å²) >= 11 is 5.92. The normalized spacial score (nSPS) is 10.3. The number of aromatic carboxylic acids is 2. The number of benzene rings is 3. The molecule has 0 aromatic heterocycles. The summed E-state index contributed by atoms with van der Waals surface area (Å²) in [5.74, 6) is -3.35. The number of carbonyl (C=O) groups is 3. The summed E-state index contributed by atoms with van der Waals surface area (Å²) in [5.41, 5.74) is 1.78. The molecular weight excluding hydrogens is 466 g/mol. The van der Waals surface area contributed by atoms with Crippen molar-refractivity contribution < 1.29 is 34.6 Å². The number of rotatable bonds is 6. The number of halogens is 1. The molecule has 0 unspecified atom stereocenters. The van der Waals surface area contributed by atoms with Gasteiger partial charge in [0, 0.05) is 18.2 Å². The first kappa shape index (κ1) is 25.8. The van der Waals surface area contributed by atoms with Gasteiger partial charge in [0.05, 0.1) is 21.1 Å². The van der Waals surface area contributed by atoms with Crippen molar-refractivity contribution in [2.75, 3.05) is 0 Å². The lowest BCUT2D eigenvalue weighted by Crippen LogP contribution is -2.06. The molecule has 0 saturated heterocycles. The predicted molar refractivity (Wildman–Crippen MR) is 125 cm³/mol. The van der Waals surface area contributed by atoms with Crippen LogP contribution in [-0.2, 0) is 4.79 Å². The monoisotopic (exact) mass is 483 g/mol. The summed E-state index contributed by atoms with van der Waals surface area (Å²) in [5, 5.41) is 37.3. The number of hydrogen-bond donors (Lipinski definition) is 3. The quantitative estimate of drug-likeness (QED) is 0.239. The summed E-state index contributed by atoms with van der Waals surface area (Å²) in [4.78, 5) is 42.7. The zero-order chi connectivity index (χ0) is 25.4. The van der Waals surface area contributed by atoms with E-state index in [9.17, 15) is 34.7 Å². The summed E-state index contributed by atoms with van der Waals surface area (Å²) in [6.45, 7) is 1.66. The largest absolute Gasteiger partial charge is 0.478 e. The molecule has 0 aliphatic rings. The molecule has 10 heteroatoms. The van der Waals surface area contributed by atoms with Gasteiger partial charge in [0.2, 0.25) is 0 Å². The zero-order valence-corrected chi connectivity index (χ0v) is 18.4. The smallest absolute Gasteiger partial charge is 0.337 e. The fourth-order valence-corrected chi connectivity index (χ4v) is 3.27. The van der Waals surface area contributed by atoms with E-state index in [4.69, 9.17) is 16.7 Å². The van der Waals surface area contributed by atoms with Gasteiger partial charge in [-0.1, -0.05) is 41.9 Å². The van der Waals surface area contributed by atoms with E-state index < -0.39 is 22.8 Å². The second kappa shape index (κ2) is 11.4. The minimum Gasteiger partial charge on any atom is -0.478 e. The molecule has 0 heterocycles. The average molecular weight is 484 g/mol. The zero-order valence-electron chi connectivity index (χ0n) is 17.6. The summed E-state index contributed by atoms with van der Waals surface area (Å²) < 4.78 is 0. The van der Waals surface area contributed by atoms with Crippen LogP contribution in [-0.4, -0.2) is 38.2 Å². The molecule has 34 heavy (non-hydrogen) atoms. The van der Waals surface area contributed by atoms with Gasteiger partial charge in [-0.2, -0.15) is 0 Å². The average Bonchev–Trinajstić information content (AvgIpc) is 2.77. The van der Waals surface area contributed by atoms with E-state index in [0.29, 0.717) is 22.3 Å². The molecule has 9 nitrogen and oxygen atoms in total. The number of aryl methyl sites for hydroxylation is 1. The number of hydrogen-bond acceptors (Lipinski definition) is 5. The first-order chi connectivity index (χ1) is 16.0. The third kappa shape index (κ3) is 6.50. The third-order valence-electron chi connectivity index (χ3n) is 4.53. The Hall–Kier alpha value is -4.50. The SMILES string of the molecule is Cc1cccc(-c2cccc(Cl)c2C(=O)O)c1C(=O)O.O=C(O)/C=C/c1ccc([N+](=O)[O-])cc1. The van der Waals surface area contributed by atoms with Gasteiger partial charge in [-0.3, -0.25) is 10.1 Å². The van der Waals surface area contributed by atoms with Crippen molar-refractivity contribution in [3.05, 3.63) is 104 Å². The maximum atomic E-state index is 11.4. The van der Waals surface area contributed by atoms with E-state index in [1.54, 1.807) is 37.3 Å². The van der Waals surface area contributed by atoms with Crippen molar-refractivity contribution in [3.63, 3.8) is 0 Å². The standard InChI is InChI=1S/C15H11ClO4.C9H7NO4/c1-8-4-2-5-9(12(8)14(17)18)10-6-3-7-11(16)13(10)15(19)20;11-9(12)6-3-7-1-4-8(5-2-7)10(13)14/h2-7H,1H3,(H,17,18)(H,19,20);1-6H,(H,11,12)/b;6-3+. The minimum atomic E-state index is -1.19. The highest BCUT2D eigenvalue weighted by molar-refractivity contribution is 6.34. The number of carboxylic acids is 3. The Kier molecular flexibility index (Phi) is 8.63. The molecule has 0 aliphatic heterocycles. The number of nitro benzene ring substituents is 1. The Balaban J connectivity index is 0.000000257. The number of nitrogens with zero attached hydrogens (tertiary/aromatic N) is 1. The van der Waals surface area contributed by atoms with Crippen molar-refractivity contribution in [1.29, 1.82) is 0 Å². The minimum absolute atomic E-state index is 0.0162. The van der Waals surface area contributed by atoms with Crippen LogP contribution in [0, 0.1) is 17.0 Å².